The number of nitrogens with one attached hydrogen (secondary N) is 1. The van der Waals surface area contributed by atoms with E-state index in [1.54, 1.807) is 32.4 Å². The van der Waals surface area contributed by atoms with Crippen LogP contribution in [0.3, 0.4) is 0 Å². The molecule has 0 bridgehead atoms. The van der Waals surface area contributed by atoms with Crippen molar-refractivity contribution in [3.63, 3.8) is 0 Å². The number of hydrogen-bond donors (Lipinski definition) is 1. The quantitative estimate of drug-likeness (QED) is 0.773. The Hall–Kier alpha value is -3.15. The van der Waals surface area contributed by atoms with Crippen LogP contribution in [0.1, 0.15) is 21.5 Å². The van der Waals surface area contributed by atoms with Crippen LogP contribution in [0.5, 0.6) is 23.0 Å². The average molecular weight is 355 g/mol. The lowest BCUT2D eigenvalue weighted by molar-refractivity contribution is 0.0950. The third kappa shape index (κ3) is 3.59. The molecule has 1 N–H and O–H groups in total. The van der Waals surface area contributed by atoms with Gasteiger partial charge in [-0.25, -0.2) is 0 Å². The van der Waals surface area contributed by atoms with Crippen LogP contribution in [0.4, 0.5) is 0 Å². The lowest BCUT2D eigenvalue weighted by atomic mass is 10.0. The Labute approximate surface area is 152 Å². The lowest BCUT2D eigenvalue weighted by Crippen LogP contribution is -2.23. The first-order valence-electron chi connectivity index (χ1n) is 8.18. The summed E-state index contributed by atoms with van der Waals surface area (Å²) in [6, 6.07) is 9.05. The van der Waals surface area contributed by atoms with Gasteiger partial charge in [-0.2, -0.15) is 0 Å². The molecule has 0 atom stereocenters. The first-order chi connectivity index (χ1) is 12.7. The smallest absolute Gasteiger partial charge is 0.251 e. The number of ether oxygens (including phenoxy) is 4. The van der Waals surface area contributed by atoms with E-state index in [2.05, 4.69) is 11.9 Å². The summed E-state index contributed by atoms with van der Waals surface area (Å²) in [5.41, 5.74) is 2.27. The average Bonchev–Trinajstić information content (AvgIpc) is 3.13. The zero-order valence-electron chi connectivity index (χ0n) is 14.8. The molecule has 0 unspecified atom stereocenters. The van der Waals surface area contributed by atoms with E-state index in [1.807, 2.05) is 18.2 Å². The molecule has 0 saturated heterocycles. The number of rotatable bonds is 7. The van der Waals surface area contributed by atoms with E-state index >= 15 is 0 Å². The molecular weight excluding hydrogens is 334 g/mol. The third-order valence-corrected chi connectivity index (χ3v) is 4.07. The van der Waals surface area contributed by atoms with E-state index < -0.39 is 0 Å². The van der Waals surface area contributed by atoms with E-state index in [9.17, 15) is 4.79 Å². The second-order valence-corrected chi connectivity index (χ2v) is 5.73. The Balaban J connectivity index is 1.76. The lowest BCUT2D eigenvalue weighted by Gasteiger charge is -2.14. The fraction of sp³-hybridized carbons (Fsp3) is 0.250. The molecule has 26 heavy (non-hydrogen) atoms. The highest BCUT2D eigenvalue weighted by Gasteiger charge is 2.17. The van der Waals surface area contributed by atoms with Crippen molar-refractivity contribution in [2.24, 2.45) is 0 Å². The van der Waals surface area contributed by atoms with Gasteiger partial charge in [0.15, 0.2) is 23.0 Å². The Morgan fingerprint density at radius 1 is 1.19 bits per heavy atom. The van der Waals surface area contributed by atoms with E-state index in [0.717, 1.165) is 11.1 Å². The molecule has 2 aromatic carbocycles. The first kappa shape index (κ1) is 17.7. The second kappa shape index (κ2) is 7.82. The van der Waals surface area contributed by atoms with Crippen LogP contribution in [0.25, 0.3) is 0 Å². The molecule has 2 aromatic rings. The molecule has 6 nitrogen and oxygen atoms in total. The van der Waals surface area contributed by atoms with Gasteiger partial charge in [-0.1, -0.05) is 12.1 Å². The number of benzene rings is 2. The molecule has 1 aliphatic heterocycles. The van der Waals surface area contributed by atoms with Crippen LogP contribution in [0.2, 0.25) is 0 Å². The number of allylic oxidation sites excluding steroid dienone is 1. The Morgan fingerprint density at radius 2 is 2.00 bits per heavy atom. The van der Waals surface area contributed by atoms with Crippen LogP contribution in [-0.2, 0) is 13.0 Å². The third-order valence-electron chi connectivity index (χ3n) is 4.07. The predicted molar refractivity (Wildman–Crippen MR) is 97.2 cm³/mol. The van der Waals surface area contributed by atoms with Gasteiger partial charge in [0.25, 0.3) is 5.91 Å². The van der Waals surface area contributed by atoms with Gasteiger partial charge in [0.2, 0.25) is 6.79 Å². The minimum atomic E-state index is -0.200. The number of methoxy groups -OCH3 is 2. The van der Waals surface area contributed by atoms with Gasteiger partial charge in [-0.3, -0.25) is 4.79 Å². The van der Waals surface area contributed by atoms with Crippen molar-refractivity contribution in [1.29, 1.82) is 0 Å². The first-order valence-corrected chi connectivity index (χ1v) is 8.18. The van der Waals surface area contributed by atoms with Crippen LogP contribution < -0.4 is 24.3 Å². The number of amides is 1. The summed E-state index contributed by atoms with van der Waals surface area (Å²) in [6.45, 7) is 4.35. The molecule has 6 heteroatoms. The molecule has 0 spiro atoms. The summed E-state index contributed by atoms with van der Waals surface area (Å²) in [5, 5.41) is 2.91. The number of fused-ring (bicyclic) bond motifs is 1. The maximum absolute atomic E-state index is 12.6. The summed E-state index contributed by atoms with van der Waals surface area (Å²) in [7, 11) is 3.12. The molecule has 1 amide bonds. The predicted octanol–water partition coefficient (Wildman–Crippen LogP) is 3.09. The highest BCUT2D eigenvalue weighted by atomic mass is 16.7. The normalized spacial score (nSPS) is 11.8. The molecule has 0 aliphatic carbocycles. The zero-order valence-corrected chi connectivity index (χ0v) is 14.8. The minimum absolute atomic E-state index is 0.200. The van der Waals surface area contributed by atoms with E-state index in [0.29, 0.717) is 41.5 Å². The van der Waals surface area contributed by atoms with Crippen molar-refractivity contribution < 1.29 is 23.7 Å². The topological polar surface area (TPSA) is 66.0 Å². The van der Waals surface area contributed by atoms with Gasteiger partial charge >= 0.3 is 0 Å². The largest absolute Gasteiger partial charge is 0.493 e. The van der Waals surface area contributed by atoms with Gasteiger partial charge in [-0.05, 0) is 36.2 Å². The zero-order chi connectivity index (χ0) is 18.5. The van der Waals surface area contributed by atoms with E-state index in [-0.39, 0.29) is 12.7 Å². The molecule has 0 saturated carbocycles. The SMILES string of the molecule is C=CCc1cc(C(=O)NCc2ccc3c(c2)OCO3)cc(OC)c1OC. The van der Waals surface area contributed by atoms with Crippen LogP contribution in [0.15, 0.2) is 43.0 Å². The number of hydrogen-bond acceptors (Lipinski definition) is 5. The summed E-state index contributed by atoms with van der Waals surface area (Å²) < 4.78 is 21.4. The van der Waals surface area contributed by atoms with Gasteiger partial charge in [0.1, 0.15) is 0 Å². The number of carbonyl (C=O) groups excluding carboxylic acids is 1. The van der Waals surface area contributed by atoms with E-state index in [1.165, 1.54) is 0 Å². The van der Waals surface area contributed by atoms with Crippen molar-refractivity contribution >= 4 is 5.91 Å². The van der Waals surface area contributed by atoms with Crippen molar-refractivity contribution in [1.82, 2.24) is 5.32 Å². The maximum atomic E-state index is 12.6. The van der Waals surface area contributed by atoms with Crippen molar-refractivity contribution in [3.8, 4) is 23.0 Å². The van der Waals surface area contributed by atoms with Gasteiger partial charge < -0.3 is 24.3 Å². The second-order valence-electron chi connectivity index (χ2n) is 5.73. The Bertz CT molecular complexity index is 831. The summed E-state index contributed by atoms with van der Waals surface area (Å²) >= 11 is 0. The van der Waals surface area contributed by atoms with Crippen LogP contribution >= 0.6 is 0 Å². The fourth-order valence-corrected chi connectivity index (χ4v) is 2.82. The van der Waals surface area contributed by atoms with Crippen molar-refractivity contribution in [2.45, 2.75) is 13.0 Å². The molecule has 0 radical (unpaired) electrons. The minimum Gasteiger partial charge on any atom is -0.493 e. The molecular formula is C20H21NO5. The Kier molecular flexibility index (Phi) is 5.31. The highest BCUT2D eigenvalue weighted by molar-refractivity contribution is 5.95. The molecule has 0 aromatic heterocycles. The van der Waals surface area contributed by atoms with Gasteiger partial charge in [0, 0.05) is 17.7 Å². The van der Waals surface area contributed by atoms with E-state index in [4.69, 9.17) is 18.9 Å². The summed E-state index contributed by atoms with van der Waals surface area (Å²) in [4.78, 5) is 12.6. The highest BCUT2D eigenvalue weighted by Crippen LogP contribution is 2.34. The molecule has 1 aliphatic rings. The summed E-state index contributed by atoms with van der Waals surface area (Å²) in [5.74, 6) is 2.33. The molecule has 1 heterocycles. The van der Waals surface area contributed by atoms with Gasteiger partial charge in [-0.15, -0.1) is 6.58 Å². The van der Waals surface area contributed by atoms with Gasteiger partial charge in [0.05, 0.1) is 14.2 Å². The molecule has 136 valence electrons. The fourth-order valence-electron chi connectivity index (χ4n) is 2.82. The van der Waals surface area contributed by atoms with Crippen LogP contribution in [-0.4, -0.2) is 26.9 Å². The Morgan fingerprint density at radius 3 is 2.73 bits per heavy atom. The standard InChI is InChI=1S/C20H21NO5/c1-4-5-14-9-15(10-18(23-2)19(14)24-3)20(22)21-11-13-6-7-16-17(8-13)26-12-25-16/h4,6-10H,1,5,11-12H2,2-3H3,(H,21,22). The van der Waals surface area contributed by atoms with Crippen molar-refractivity contribution in [3.05, 3.63) is 59.7 Å². The number of carbonyl (C=O) groups is 1. The maximum Gasteiger partial charge on any atom is 0.251 e. The molecule has 3 rings (SSSR count). The monoisotopic (exact) mass is 355 g/mol. The molecule has 0 fully saturated rings. The van der Waals surface area contributed by atoms with Crippen LogP contribution in [0, 0.1) is 0 Å². The summed E-state index contributed by atoms with van der Waals surface area (Å²) in [6.07, 6.45) is 2.33. The van der Waals surface area contributed by atoms with Crippen molar-refractivity contribution in [2.75, 3.05) is 21.0 Å².